The molecule has 0 saturated carbocycles. The standard InChI is InChI=1S/C28H20O4/c29-19-31-25-15-11-23(12-16-25)27(21-7-3-1-4-8-21)28(22-9-5-2-6-10-22)24-13-17-26(18-14-24)32-20-30/h1-20H. The van der Waals surface area contributed by atoms with Crippen LogP contribution >= 0.6 is 0 Å². The Balaban J connectivity index is 1.99. The lowest BCUT2D eigenvalue weighted by Crippen LogP contribution is -1.98. The average molecular weight is 420 g/mol. The van der Waals surface area contributed by atoms with Crippen molar-refractivity contribution < 1.29 is 19.1 Å². The minimum absolute atomic E-state index is 0.418. The van der Waals surface area contributed by atoms with Crippen LogP contribution in [0.4, 0.5) is 0 Å². The van der Waals surface area contributed by atoms with Gasteiger partial charge in [-0.1, -0.05) is 84.9 Å². The Bertz CT molecular complexity index is 1110. The van der Waals surface area contributed by atoms with Gasteiger partial charge in [-0.05, 0) is 57.7 Å². The molecule has 0 unspecified atom stereocenters. The summed E-state index contributed by atoms with van der Waals surface area (Å²) in [6.07, 6.45) is 0. The maximum Gasteiger partial charge on any atom is 0.298 e. The van der Waals surface area contributed by atoms with Crippen LogP contribution in [-0.4, -0.2) is 12.9 Å². The van der Waals surface area contributed by atoms with Gasteiger partial charge in [-0.25, -0.2) is 0 Å². The second kappa shape index (κ2) is 10.0. The van der Waals surface area contributed by atoms with E-state index in [1.165, 1.54) is 0 Å². The Morgan fingerprint density at radius 1 is 0.438 bits per heavy atom. The topological polar surface area (TPSA) is 52.6 Å². The first-order chi connectivity index (χ1) is 15.8. The van der Waals surface area contributed by atoms with Crippen LogP contribution in [0.1, 0.15) is 22.3 Å². The van der Waals surface area contributed by atoms with Crippen molar-refractivity contribution in [2.24, 2.45) is 0 Å². The van der Waals surface area contributed by atoms with Gasteiger partial charge in [-0.15, -0.1) is 0 Å². The van der Waals surface area contributed by atoms with Crippen LogP contribution in [-0.2, 0) is 9.59 Å². The third-order valence-corrected chi connectivity index (χ3v) is 5.03. The van der Waals surface area contributed by atoms with Gasteiger partial charge in [0.15, 0.2) is 0 Å². The lowest BCUT2D eigenvalue weighted by atomic mass is 9.86. The summed E-state index contributed by atoms with van der Waals surface area (Å²) < 4.78 is 9.95. The molecule has 0 aliphatic carbocycles. The van der Waals surface area contributed by atoms with Gasteiger partial charge in [0.1, 0.15) is 11.5 Å². The van der Waals surface area contributed by atoms with E-state index in [1.807, 2.05) is 60.7 Å². The third-order valence-electron chi connectivity index (χ3n) is 5.03. The second-order valence-electron chi connectivity index (χ2n) is 6.96. The van der Waals surface area contributed by atoms with Gasteiger partial charge in [0.25, 0.3) is 12.9 Å². The fourth-order valence-electron chi connectivity index (χ4n) is 3.63. The summed E-state index contributed by atoms with van der Waals surface area (Å²) in [5.74, 6) is 0.959. The zero-order valence-electron chi connectivity index (χ0n) is 17.2. The predicted octanol–water partition coefficient (Wildman–Crippen LogP) is 5.76. The molecule has 0 bridgehead atoms. The molecule has 4 heteroatoms. The largest absolute Gasteiger partial charge is 0.429 e. The van der Waals surface area contributed by atoms with Crippen molar-refractivity contribution in [3.63, 3.8) is 0 Å². The fraction of sp³-hybridized carbons (Fsp3) is 0. The van der Waals surface area contributed by atoms with Gasteiger partial charge >= 0.3 is 0 Å². The molecule has 0 spiro atoms. The van der Waals surface area contributed by atoms with Crippen molar-refractivity contribution in [1.29, 1.82) is 0 Å². The van der Waals surface area contributed by atoms with Crippen LogP contribution in [0.3, 0.4) is 0 Å². The minimum Gasteiger partial charge on any atom is -0.429 e. The maximum absolute atomic E-state index is 10.7. The van der Waals surface area contributed by atoms with E-state index < -0.39 is 0 Å². The lowest BCUT2D eigenvalue weighted by molar-refractivity contribution is -0.121. The van der Waals surface area contributed by atoms with E-state index >= 15 is 0 Å². The molecular formula is C28H20O4. The Morgan fingerprint density at radius 3 is 1.06 bits per heavy atom. The molecule has 156 valence electrons. The van der Waals surface area contributed by atoms with Gasteiger partial charge in [0, 0.05) is 0 Å². The van der Waals surface area contributed by atoms with Crippen molar-refractivity contribution in [3.05, 3.63) is 131 Å². The van der Waals surface area contributed by atoms with E-state index in [4.69, 9.17) is 9.47 Å². The molecule has 4 nitrogen and oxygen atoms in total. The van der Waals surface area contributed by atoms with E-state index in [0.717, 1.165) is 33.4 Å². The summed E-state index contributed by atoms with van der Waals surface area (Å²) in [6, 6.07) is 35.1. The van der Waals surface area contributed by atoms with Crippen LogP contribution < -0.4 is 9.47 Å². The predicted molar refractivity (Wildman–Crippen MR) is 124 cm³/mol. The smallest absolute Gasteiger partial charge is 0.298 e. The molecule has 32 heavy (non-hydrogen) atoms. The third kappa shape index (κ3) is 4.65. The van der Waals surface area contributed by atoms with Crippen LogP contribution in [0.2, 0.25) is 0 Å². The Labute approximate surface area is 186 Å². The minimum atomic E-state index is 0.418. The molecule has 0 amide bonds. The molecule has 0 aliphatic rings. The first kappa shape index (κ1) is 20.8. The van der Waals surface area contributed by atoms with Crippen molar-refractivity contribution in [3.8, 4) is 11.5 Å². The quantitative estimate of drug-likeness (QED) is 0.268. The van der Waals surface area contributed by atoms with Gasteiger partial charge in [-0.2, -0.15) is 0 Å². The second-order valence-corrected chi connectivity index (χ2v) is 6.96. The molecule has 0 atom stereocenters. The summed E-state index contributed by atoms with van der Waals surface area (Å²) >= 11 is 0. The van der Waals surface area contributed by atoms with Crippen LogP contribution in [0.5, 0.6) is 11.5 Å². The molecule has 4 aromatic carbocycles. The SMILES string of the molecule is O=COc1ccc(C(=C(c2ccccc2)c2ccc(OC=O)cc2)c2ccccc2)cc1. The fourth-order valence-corrected chi connectivity index (χ4v) is 3.63. The summed E-state index contributed by atoms with van der Waals surface area (Å²) in [5.41, 5.74) is 6.09. The van der Waals surface area contributed by atoms with Gasteiger partial charge in [0.05, 0.1) is 0 Å². The molecule has 0 heterocycles. The van der Waals surface area contributed by atoms with Gasteiger partial charge in [0.2, 0.25) is 0 Å². The van der Waals surface area contributed by atoms with E-state index in [-0.39, 0.29) is 0 Å². The van der Waals surface area contributed by atoms with Crippen molar-refractivity contribution >= 4 is 24.1 Å². The Kier molecular flexibility index (Phi) is 6.54. The van der Waals surface area contributed by atoms with Gasteiger partial charge in [-0.3, -0.25) is 9.59 Å². The lowest BCUT2D eigenvalue weighted by Gasteiger charge is -2.18. The zero-order chi connectivity index (χ0) is 22.2. The van der Waals surface area contributed by atoms with E-state index in [0.29, 0.717) is 24.4 Å². The zero-order valence-corrected chi connectivity index (χ0v) is 17.2. The van der Waals surface area contributed by atoms with E-state index in [2.05, 4.69) is 24.3 Å². The Morgan fingerprint density at radius 2 is 0.750 bits per heavy atom. The summed E-state index contributed by atoms with van der Waals surface area (Å²) in [4.78, 5) is 21.4. The molecular weight excluding hydrogens is 400 g/mol. The van der Waals surface area contributed by atoms with Gasteiger partial charge < -0.3 is 9.47 Å². The highest BCUT2D eigenvalue weighted by Gasteiger charge is 2.16. The molecule has 0 aromatic heterocycles. The molecule has 0 N–H and O–H groups in total. The number of rotatable bonds is 8. The molecule has 0 aliphatic heterocycles. The monoisotopic (exact) mass is 420 g/mol. The molecule has 0 saturated heterocycles. The first-order valence-electron chi connectivity index (χ1n) is 10.1. The molecule has 4 rings (SSSR count). The van der Waals surface area contributed by atoms with E-state index in [9.17, 15) is 9.59 Å². The summed E-state index contributed by atoms with van der Waals surface area (Å²) in [6.45, 7) is 0.836. The molecule has 0 radical (unpaired) electrons. The average Bonchev–Trinajstić information content (AvgIpc) is 2.85. The molecule has 0 fully saturated rings. The number of hydrogen-bond acceptors (Lipinski definition) is 4. The Hall–Kier alpha value is -4.44. The van der Waals surface area contributed by atoms with Crippen LogP contribution in [0.25, 0.3) is 11.1 Å². The number of carbonyl (C=O) groups excluding carboxylic acids is 2. The summed E-state index contributed by atoms with van der Waals surface area (Å²) in [5, 5.41) is 0. The highest BCUT2D eigenvalue weighted by atomic mass is 16.5. The number of ether oxygens (including phenoxy) is 2. The van der Waals surface area contributed by atoms with Crippen molar-refractivity contribution in [2.45, 2.75) is 0 Å². The number of hydrogen-bond donors (Lipinski definition) is 0. The first-order valence-corrected chi connectivity index (χ1v) is 10.1. The van der Waals surface area contributed by atoms with E-state index in [1.54, 1.807) is 24.3 Å². The van der Waals surface area contributed by atoms with Crippen molar-refractivity contribution in [1.82, 2.24) is 0 Å². The number of benzene rings is 4. The number of carbonyl (C=O) groups is 2. The van der Waals surface area contributed by atoms with Crippen LogP contribution in [0.15, 0.2) is 109 Å². The summed E-state index contributed by atoms with van der Waals surface area (Å²) in [7, 11) is 0. The molecule has 4 aromatic rings. The highest BCUT2D eigenvalue weighted by Crippen LogP contribution is 2.37. The van der Waals surface area contributed by atoms with Crippen molar-refractivity contribution in [2.75, 3.05) is 0 Å². The highest BCUT2D eigenvalue weighted by molar-refractivity contribution is 6.04. The normalized spacial score (nSPS) is 11.2. The maximum atomic E-state index is 10.7. The van der Waals surface area contributed by atoms with Crippen LogP contribution in [0, 0.1) is 0 Å².